The van der Waals surface area contributed by atoms with Crippen LogP contribution in [0.2, 0.25) is 5.02 Å². The second-order valence-electron chi connectivity index (χ2n) is 5.04. The van der Waals surface area contributed by atoms with Crippen LogP contribution in [0.4, 0.5) is 0 Å². The Morgan fingerprint density at radius 1 is 1.33 bits per heavy atom. The third kappa shape index (κ3) is 3.38. The van der Waals surface area contributed by atoms with E-state index in [4.69, 9.17) is 16.3 Å². The fraction of sp³-hybridized carbons (Fsp3) is 0.250. The van der Waals surface area contributed by atoms with Gasteiger partial charge < -0.3 is 9.84 Å². The Kier molecular flexibility index (Phi) is 4.78. The third-order valence-corrected chi connectivity index (χ3v) is 5.17. The van der Waals surface area contributed by atoms with Gasteiger partial charge in [-0.05, 0) is 69.6 Å². The molecule has 0 amide bonds. The zero-order valence-electron chi connectivity index (χ0n) is 11.1. The molecule has 3 rings (SSSR count). The van der Waals surface area contributed by atoms with Crippen molar-refractivity contribution in [3.63, 3.8) is 0 Å². The summed E-state index contributed by atoms with van der Waals surface area (Å²) in [7, 11) is 0. The highest BCUT2D eigenvalue weighted by Crippen LogP contribution is 2.36. The standard InChI is InChI=1S/C16H13BrClIO2/c17-14-2-1-12(19)8-13(14)15(20)7-10-6-11(18)5-9-3-4-21-16(9)10/h1-2,5-6,8,15,20H,3-4,7H2. The van der Waals surface area contributed by atoms with Crippen LogP contribution in [-0.2, 0) is 12.8 Å². The van der Waals surface area contributed by atoms with E-state index >= 15 is 0 Å². The Hall–Kier alpha value is -0.300. The van der Waals surface area contributed by atoms with E-state index in [2.05, 4.69) is 38.5 Å². The summed E-state index contributed by atoms with van der Waals surface area (Å²) in [5.41, 5.74) is 2.98. The number of fused-ring (bicyclic) bond motifs is 1. The predicted molar refractivity (Wildman–Crippen MR) is 96.2 cm³/mol. The van der Waals surface area contributed by atoms with Gasteiger partial charge >= 0.3 is 0 Å². The number of benzene rings is 2. The number of aliphatic hydroxyl groups excluding tert-OH is 1. The Morgan fingerprint density at radius 3 is 2.95 bits per heavy atom. The summed E-state index contributed by atoms with van der Waals surface area (Å²) < 4.78 is 7.70. The van der Waals surface area contributed by atoms with Crippen LogP contribution in [0.15, 0.2) is 34.8 Å². The first-order valence-corrected chi connectivity index (χ1v) is 8.86. The molecule has 0 spiro atoms. The molecule has 0 bridgehead atoms. The van der Waals surface area contributed by atoms with Gasteiger partial charge in [0.05, 0.1) is 12.7 Å². The zero-order valence-corrected chi connectivity index (χ0v) is 15.6. The molecule has 0 saturated carbocycles. The summed E-state index contributed by atoms with van der Waals surface area (Å²) in [5.74, 6) is 0.889. The highest BCUT2D eigenvalue weighted by molar-refractivity contribution is 14.1. The van der Waals surface area contributed by atoms with E-state index in [1.54, 1.807) is 0 Å². The van der Waals surface area contributed by atoms with Crippen LogP contribution in [-0.4, -0.2) is 11.7 Å². The molecule has 1 atom stereocenters. The van der Waals surface area contributed by atoms with Crippen molar-refractivity contribution in [2.45, 2.75) is 18.9 Å². The van der Waals surface area contributed by atoms with E-state index in [0.717, 1.165) is 36.9 Å². The van der Waals surface area contributed by atoms with E-state index in [0.29, 0.717) is 18.1 Å². The van der Waals surface area contributed by atoms with E-state index < -0.39 is 6.10 Å². The van der Waals surface area contributed by atoms with Gasteiger partial charge in [0, 0.05) is 25.9 Å². The average Bonchev–Trinajstić information content (AvgIpc) is 2.89. The third-order valence-electron chi connectivity index (χ3n) is 3.56. The quantitative estimate of drug-likeness (QED) is 0.634. The van der Waals surface area contributed by atoms with Gasteiger partial charge in [0.1, 0.15) is 5.75 Å². The minimum atomic E-state index is -0.596. The molecule has 1 aliphatic heterocycles. The van der Waals surface area contributed by atoms with Crippen molar-refractivity contribution in [1.82, 2.24) is 0 Å². The molecule has 0 fully saturated rings. The number of ether oxygens (including phenoxy) is 1. The van der Waals surface area contributed by atoms with Gasteiger partial charge in [0.2, 0.25) is 0 Å². The summed E-state index contributed by atoms with van der Waals surface area (Å²) in [5, 5.41) is 11.3. The maximum Gasteiger partial charge on any atom is 0.126 e. The molecule has 21 heavy (non-hydrogen) atoms. The molecule has 2 aromatic rings. The van der Waals surface area contributed by atoms with Gasteiger partial charge in [-0.15, -0.1) is 0 Å². The van der Waals surface area contributed by atoms with Gasteiger partial charge in [-0.25, -0.2) is 0 Å². The summed E-state index contributed by atoms with van der Waals surface area (Å²) in [6.07, 6.45) is 0.772. The van der Waals surface area contributed by atoms with Gasteiger partial charge in [0.15, 0.2) is 0 Å². The largest absolute Gasteiger partial charge is 0.493 e. The first kappa shape index (κ1) is 15.6. The fourth-order valence-electron chi connectivity index (χ4n) is 2.59. The zero-order chi connectivity index (χ0) is 15.0. The molecule has 1 N–H and O–H groups in total. The normalized spacial score (nSPS) is 14.7. The van der Waals surface area contributed by atoms with Gasteiger partial charge in [-0.2, -0.15) is 0 Å². The first-order chi connectivity index (χ1) is 10.0. The number of hydrogen-bond acceptors (Lipinski definition) is 2. The Balaban J connectivity index is 1.92. The van der Waals surface area contributed by atoms with E-state index in [9.17, 15) is 5.11 Å². The maximum absolute atomic E-state index is 10.6. The van der Waals surface area contributed by atoms with Gasteiger partial charge in [-0.3, -0.25) is 0 Å². The molecule has 5 heteroatoms. The van der Waals surface area contributed by atoms with Crippen molar-refractivity contribution in [2.24, 2.45) is 0 Å². The molecule has 110 valence electrons. The molecule has 0 radical (unpaired) electrons. The number of halogens is 3. The summed E-state index contributed by atoms with van der Waals surface area (Å²) in [6, 6.07) is 9.78. The second-order valence-corrected chi connectivity index (χ2v) is 7.57. The lowest BCUT2D eigenvalue weighted by molar-refractivity contribution is 0.176. The van der Waals surface area contributed by atoms with E-state index in [1.807, 2.05) is 30.3 Å². The second kappa shape index (κ2) is 6.44. The van der Waals surface area contributed by atoms with Crippen LogP contribution in [0.3, 0.4) is 0 Å². The van der Waals surface area contributed by atoms with Crippen molar-refractivity contribution in [2.75, 3.05) is 6.61 Å². The lowest BCUT2D eigenvalue weighted by Gasteiger charge is -2.16. The molecule has 0 aliphatic carbocycles. The molecular formula is C16H13BrClIO2. The molecule has 1 heterocycles. The summed E-state index contributed by atoms with van der Waals surface area (Å²) in [6.45, 7) is 0.686. The highest BCUT2D eigenvalue weighted by atomic mass is 127. The topological polar surface area (TPSA) is 29.5 Å². The van der Waals surface area contributed by atoms with Crippen LogP contribution < -0.4 is 4.74 Å². The smallest absolute Gasteiger partial charge is 0.126 e. The lowest BCUT2D eigenvalue weighted by atomic mass is 9.99. The lowest BCUT2D eigenvalue weighted by Crippen LogP contribution is -2.04. The highest BCUT2D eigenvalue weighted by Gasteiger charge is 2.21. The van der Waals surface area contributed by atoms with Crippen molar-refractivity contribution >= 4 is 50.1 Å². The fourth-order valence-corrected chi connectivity index (χ4v) is 3.88. The van der Waals surface area contributed by atoms with Crippen LogP contribution in [0.1, 0.15) is 22.8 Å². The molecular weight excluding hydrogens is 466 g/mol. The predicted octanol–water partition coefficient (Wildman–Crippen LogP) is 4.92. The van der Waals surface area contributed by atoms with Crippen molar-refractivity contribution in [3.8, 4) is 5.75 Å². The molecule has 0 saturated heterocycles. The van der Waals surface area contributed by atoms with Crippen LogP contribution >= 0.6 is 50.1 Å². The molecule has 2 aromatic carbocycles. The minimum absolute atomic E-state index is 0.488. The molecule has 1 aliphatic rings. The molecule has 0 aromatic heterocycles. The number of aliphatic hydroxyl groups is 1. The van der Waals surface area contributed by atoms with Crippen LogP contribution in [0, 0.1) is 3.57 Å². The Morgan fingerprint density at radius 2 is 2.14 bits per heavy atom. The van der Waals surface area contributed by atoms with Crippen LogP contribution in [0.5, 0.6) is 5.75 Å². The molecule has 2 nitrogen and oxygen atoms in total. The van der Waals surface area contributed by atoms with Gasteiger partial charge in [-0.1, -0.05) is 27.5 Å². The Bertz CT molecular complexity index is 690. The van der Waals surface area contributed by atoms with Gasteiger partial charge in [0.25, 0.3) is 0 Å². The summed E-state index contributed by atoms with van der Waals surface area (Å²) >= 11 is 11.9. The number of hydrogen-bond donors (Lipinski definition) is 1. The van der Waals surface area contributed by atoms with E-state index in [1.165, 1.54) is 0 Å². The summed E-state index contributed by atoms with van der Waals surface area (Å²) in [4.78, 5) is 0. The van der Waals surface area contributed by atoms with Crippen molar-refractivity contribution in [3.05, 3.63) is 60.1 Å². The van der Waals surface area contributed by atoms with Crippen molar-refractivity contribution in [1.29, 1.82) is 0 Å². The minimum Gasteiger partial charge on any atom is -0.493 e. The number of rotatable bonds is 3. The van der Waals surface area contributed by atoms with Crippen LogP contribution in [0.25, 0.3) is 0 Å². The Labute approximate surface area is 150 Å². The van der Waals surface area contributed by atoms with E-state index in [-0.39, 0.29) is 0 Å². The monoisotopic (exact) mass is 478 g/mol. The van der Waals surface area contributed by atoms with Crippen molar-refractivity contribution < 1.29 is 9.84 Å². The first-order valence-electron chi connectivity index (χ1n) is 6.61. The molecule has 1 unspecified atom stereocenters. The SMILES string of the molecule is OC(Cc1cc(Cl)cc2c1OCC2)c1cc(I)ccc1Br. The maximum atomic E-state index is 10.6. The average molecular weight is 480 g/mol.